The molecule has 0 spiro atoms. The van der Waals surface area contributed by atoms with Crippen molar-refractivity contribution in [3.63, 3.8) is 0 Å². The van der Waals surface area contributed by atoms with E-state index in [2.05, 4.69) is 81.4 Å². The Morgan fingerprint density at radius 1 is 0.792 bits per heavy atom. The zero-order valence-electron chi connectivity index (χ0n) is 14.5. The lowest BCUT2D eigenvalue weighted by molar-refractivity contribution is 1.36. The van der Waals surface area contributed by atoms with E-state index in [0.29, 0.717) is 0 Å². The number of nitrogen functional groups attached to an aromatic ring is 1. The highest BCUT2D eigenvalue weighted by Crippen LogP contribution is 2.35. The van der Waals surface area contributed by atoms with Gasteiger partial charge in [0.05, 0.1) is 0 Å². The fraction of sp³-hybridized carbons (Fsp3) is 0.130. The first kappa shape index (κ1) is 16.1. The summed E-state index contributed by atoms with van der Waals surface area (Å²) < 4.78 is 0. The standard InChI is InChI=1S/C23H23N/c1-16(2)23(19-7-5-4-6-8-19)22-15-17(3)9-14-21(22)18-10-12-20(24)13-11-18/h4-15H,24H2,1-3H3. The molecule has 0 bridgehead atoms. The van der Waals surface area contributed by atoms with Gasteiger partial charge in [0.25, 0.3) is 0 Å². The van der Waals surface area contributed by atoms with Gasteiger partial charge in [-0.3, -0.25) is 0 Å². The molecule has 0 heterocycles. The van der Waals surface area contributed by atoms with Gasteiger partial charge in [0.1, 0.15) is 0 Å². The largest absolute Gasteiger partial charge is 0.399 e. The highest BCUT2D eigenvalue weighted by Gasteiger charge is 2.13. The van der Waals surface area contributed by atoms with E-state index in [9.17, 15) is 0 Å². The molecule has 0 fully saturated rings. The molecule has 3 aromatic rings. The third kappa shape index (κ3) is 3.26. The summed E-state index contributed by atoms with van der Waals surface area (Å²) >= 11 is 0. The van der Waals surface area contributed by atoms with Gasteiger partial charge in [0.2, 0.25) is 0 Å². The number of aryl methyl sites for hydroxylation is 1. The molecule has 3 rings (SSSR count). The van der Waals surface area contributed by atoms with Crippen LogP contribution in [-0.2, 0) is 0 Å². The molecular formula is C23H23N. The molecule has 0 aliphatic carbocycles. The number of anilines is 1. The Balaban J connectivity index is 2.24. The predicted octanol–water partition coefficient (Wildman–Crippen LogP) is 6.09. The highest BCUT2D eigenvalue weighted by molar-refractivity contribution is 5.90. The number of hydrogen-bond donors (Lipinski definition) is 1. The lowest BCUT2D eigenvalue weighted by atomic mass is 9.87. The van der Waals surface area contributed by atoms with Crippen molar-refractivity contribution in [3.8, 4) is 11.1 Å². The molecule has 0 amide bonds. The first-order valence-corrected chi connectivity index (χ1v) is 8.26. The Labute approximate surface area is 144 Å². The lowest BCUT2D eigenvalue weighted by Crippen LogP contribution is -1.96. The second-order valence-electron chi connectivity index (χ2n) is 6.41. The van der Waals surface area contributed by atoms with E-state index in [1.54, 1.807) is 0 Å². The van der Waals surface area contributed by atoms with Gasteiger partial charge in [0.15, 0.2) is 0 Å². The average Bonchev–Trinajstić information content (AvgIpc) is 2.57. The average molecular weight is 313 g/mol. The Bertz CT molecular complexity index is 868. The van der Waals surface area contributed by atoms with Crippen LogP contribution in [-0.4, -0.2) is 0 Å². The third-order valence-corrected chi connectivity index (χ3v) is 4.23. The van der Waals surface area contributed by atoms with Crippen LogP contribution in [0.25, 0.3) is 16.7 Å². The van der Waals surface area contributed by atoms with Crippen molar-refractivity contribution in [3.05, 3.63) is 95.1 Å². The molecule has 1 heteroatoms. The normalized spacial score (nSPS) is 10.5. The monoisotopic (exact) mass is 313 g/mol. The van der Waals surface area contributed by atoms with Crippen molar-refractivity contribution in [2.75, 3.05) is 5.73 Å². The zero-order chi connectivity index (χ0) is 17.1. The summed E-state index contributed by atoms with van der Waals surface area (Å²) in [6.07, 6.45) is 0. The van der Waals surface area contributed by atoms with E-state index in [4.69, 9.17) is 5.73 Å². The molecule has 0 radical (unpaired) electrons. The van der Waals surface area contributed by atoms with E-state index in [0.717, 1.165) is 5.69 Å². The zero-order valence-corrected chi connectivity index (χ0v) is 14.5. The van der Waals surface area contributed by atoms with E-state index in [1.807, 2.05) is 12.1 Å². The Morgan fingerprint density at radius 3 is 2.08 bits per heavy atom. The number of allylic oxidation sites excluding steroid dienone is 1. The Morgan fingerprint density at radius 2 is 1.46 bits per heavy atom. The van der Waals surface area contributed by atoms with Crippen molar-refractivity contribution in [2.24, 2.45) is 0 Å². The Hall–Kier alpha value is -2.80. The smallest absolute Gasteiger partial charge is 0.0314 e. The molecule has 0 atom stereocenters. The number of rotatable bonds is 3. The van der Waals surface area contributed by atoms with Gasteiger partial charge in [-0.2, -0.15) is 0 Å². The van der Waals surface area contributed by atoms with Crippen LogP contribution in [0.4, 0.5) is 5.69 Å². The minimum atomic E-state index is 0.790. The van der Waals surface area contributed by atoms with E-state index in [-0.39, 0.29) is 0 Å². The summed E-state index contributed by atoms with van der Waals surface area (Å²) in [5.41, 5.74) is 15.5. The van der Waals surface area contributed by atoms with Crippen molar-refractivity contribution >= 4 is 11.3 Å². The highest BCUT2D eigenvalue weighted by atomic mass is 14.5. The summed E-state index contributed by atoms with van der Waals surface area (Å²) in [6, 6.07) is 25.4. The molecule has 0 aliphatic rings. The predicted molar refractivity (Wildman–Crippen MR) is 105 cm³/mol. The van der Waals surface area contributed by atoms with Gasteiger partial charge < -0.3 is 5.73 Å². The summed E-state index contributed by atoms with van der Waals surface area (Å²) in [6.45, 7) is 6.50. The minimum absolute atomic E-state index is 0.790. The quantitative estimate of drug-likeness (QED) is 0.582. The number of benzene rings is 3. The van der Waals surface area contributed by atoms with E-state index >= 15 is 0 Å². The van der Waals surface area contributed by atoms with Crippen LogP contribution >= 0.6 is 0 Å². The van der Waals surface area contributed by atoms with Crippen LogP contribution in [0, 0.1) is 6.92 Å². The fourth-order valence-corrected chi connectivity index (χ4v) is 3.10. The molecule has 0 saturated carbocycles. The second kappa shape index (κ2) is 6.76. The van der Waals surface area contributed by atoms with Crippen LogP contribution in [0.1, 0.15) is 30.5 Å². The van der Waals surface area contributed by atoms with E-state index < -0.39 is 0 Å². The van der Waals surface area contributed by atoms with Crippen LogP contribution in [0.5, 0.6) is 0 Å². The summed E-state index contributed by atoms with van der Waals surface area (Å²) in [5.74, 6) is 0. The minimum Gasteiger partial charge on any atom is -0.399 e. The number of hydrogen-bond acceptors (Lipinski definition) is 1. The molecule has 3 aromatic carbocycles. The van der Waals surface area contributed by atoms with Gasteiger partial charge in [-0.1, -0.05) is 71.8 Å². The molecule has 2 N–H and O–H groups in total. The first-order chi connectivity index (χ1) is 11.6. The molecule has 120 valence electrons. The molecule has 0 aromatic heterocycles. The molecule has 0 saturated heterocycles. The Kier molecular flexibility index (Phi) is 4.52. The summed E-state index contributed by atoms with van der Waals surface area (Å²) in [5, 5.41) is 0. The molecular weight excluding hydrogens is 290 g/mol. The number of nitrogens with two attached hydrogens (primary N) is 1. The maximum Gasteiger partial charge on any atom is 0.0314 e. The van der Waals surface area contributed by atoms with Gasteiger partial charge in [-0.05, 0) is 60.7 Å². The molecule has 1 nitrogen and oxygen atoms in total. The van der Waals surface area contributed by atoms with Crippen LogP contribution in [0.3, 0.4) is 0 Å². The molecule has 24 heavy (non-hydrogen) atoms. The van der Waals surface area contributed by atoms with Gasteiger partial charge >= 0.3 is 0 Å². The van der Waals surface area contributed by atoms with Gasteiger partial charge in [-0.15, -0.1) is 0 Å². The van der Waals surface area contributed by atoms with Crippen molar-refractivity contribution in [2.45, 2.75) is 20.8 Å². The maximum absolute atomic E-state index is 5.86. The van der Waals surface area contributed by atoms with Crippen LogP contribution in [0.15, 0.2) is 78.4 Å². The van der Waals surface area contributed by atoms with Crippen molar-refractivity contribution in [1.82, 2.24) is 0 Å². The van der Waals surface area contributed by atoms with Crippen molar-refractivity contribution < 1.29 is 0 Å². The topological polar surface area (TPSA) is 26.0 Å². The third-order valence-electron chi connectivity index (χ3n) is 4.23. The van der Waals surface area contributed by atoms with Crippen molar-refractivity contribution in [1.29, 1.82) is 0 Å². The lowest BCUT2D eigenvalue weighted by Gasteiger charge is -2.17. The summed E-state index contributed by atoms with van der Waals surface area (Å²) in [4.78, 5) is 0. The maximum atomic E-state index is 5.86. The fourth-order valence-electron chi connectivity index (χ4n) is 3.10. The van der Waals surface area contributed by atoms with Gasteiger partial charge in [0, 0.05) is 5.69 Å². The van der Waals surface area contributed by atoms with E-state index in [1.165, 1.54) is 39.0 Å². The van der Waals surface area contributed by atoms with Crippen LogP contribution in [0.2, 0.25) is 0 Å². The second-order valence-corrected chi connectivity index (χ2v) is 6.41. The van der Waals surface area contributed by atoms with Gasteiger partial charge in [-0.25, -0.2) is 0 Å². The summed E-state index contributed by atoms with van der Waals surface area (Å²) in [7, 11) is 0. The molecule has 0 unspecified atom stereocenters. The SMILES string of the molecule is CC(C)=C(c1ccccc1)c1cc(C)ccc1-c1ccc(N)cc1. The molecule has 0 aliphatic heterocycles. The first-order valence-electron chi connectivity index (χ1n) is 8.26. The van der Waals surface area contributed by atoms with Crippen LogP contribution < -0.4 is 5.73 Å².